The van der Waals surface area contributed by atoms with Crippen molar-refractivity contribution in [3.8, 4) is 0 Å². The van der Waals surface area contributed by atoms with Crippen molar-refractivity contribution < 1.29 is 73.5 Å². The van der Waals surface area contributed by atoms with Crippen molar-refractivity contribution in [2.24, 2.45) is 17.3 Å². The predicted octanol–water partition coefficient (Wildman–Crippen LogP) is -2.41. The lowest BCUT2D eigenvalue weighted by Gasteiger charge is -2.49. The molecule has 0 spiro atoms. The van der Waals surface area contributed by atoms with Gasteiger partial charge in [-0.05, 0) is 43.7 Å². The molecule has 1 aromatic rings. The van der Waals surface area contributed by atoms with Crippen molar-refractivity contribution in [1.29, 1.82) is 0 Å². The third-order valence-electron chi connectivity index (χ3n) is 12.2. The smallest absolute Gasteiger partial charge is 0.327 e. The highest BCUT2D eigenvalue weighted by Gasteiger charge is 2.78. The molecule has 18 heteroatoms. The molecule has 3 saturated carbocycles. The number of benzene rings is 1. The summed E-state index contributed by atoms with van der Waals surface area (Å²) in [4.78, 5) is 48.5. The molecule has 8 N–H and O–H groups in total. The number of fused-ring (bicyclic) bond motifs is 4. The summed E-state index contributed by atoms with van der Waals surface area (Å²) in [5.41, 5.74) is -0.144. The second kappa shape index (κ2) is 15.6. The zero-order valence-corrected chi connectivity index (χ0v) is 30.9. The number of nitrogens with zero attached hydrogens (tertiary/aromatic N) is 1. The van der Waals surface area contributed by atoms with Crippen molar-refractivity contribution in [3.05, 3.63) is 41.5 Å². The number of hydrogen-bond acceptors (Lipinski definition) is 16. The molecule has 2 amide bonds. The van der Waals surface area contributed by atoms with E-state index in [1.807, 2.05) is 18.2 Å². The van der Waals surface area contributed by atoms with Crippen molar-refractivity contribution in [3.63, 3.8) is 0 Å². The fourth-order valence-electron chi connectivity index (χ4n) is 9.15. The zero-order chi connectivity index (χ0) is 39.5. The summed E-state index contributed by atoms with van der Waals surface area (Å²) in [5.74, 6) is -2.54. The summed E-state index contributed by atoms with van der Waals surface area (Å²) in [6.07, 6.45) is -4.35. The molecule has 8 rings (SSSR count). The van der Waals surface area contributed by atoms with Crippen LogP contribution in [0.1, 0.15) is 50.2 Å². The number of ether oxygens (including phenoxy) is 5. The van der Waals surface area contributed by atoms with E-state index in [-0.39, 0.29) is 44.6 Å². The summed E-state index contributed by atoms with van der Waals surface area (Å²) in [6.45, 7) is 0.366. The number of aliphatic hydroxyl groups is 6. The molecule has 0 radical (unpaired) electrons. The van der Waals surface area contributed by atoms with E-state index in [0.717, 1.165) is 31.2 Å². The Hall–Kier alpha value is -3.11. The lowest BCUT2D eigenvalue weighted by Crippen LogP contribution is -2.71. The second-order valence-corrected chi connectivity index (χ2v) is 16.0. The average molecular weight is 790 g/mol. The summed E-state index contributed by atoms with van der Waals surface area (Å²) in [5, 5.41) is 66.3. The average Bonchev–Trinajstić information content (AvgIpc) is 4.13. The molecular formula is C38H51N3O15. The maximum atomic E-state index is 14.7. The van der Waals surface area contributed by atoms with E-state index in [9.17, 15) is 45.0 Å². The van der Waals surface area contributed by atoms with Gasteiger partial charge >= 0.3 is 5.97 Å². The van der Waals surface area contributed by atoms with Crippen LogP contribution in [0.2, 0.25) is 0 Å². The molecule has 0 unspecified atom stereocenters. The number of amides is 2. The van der Waals surface area contributed by atoms with Crippen LogP contribution in [-0.4, -0.2) is 159 Å². The molecule has 4 aliphatic heterocycles. The van der Waals surface area contributed by atoms with Gasteiger partial charge in [0.25, 0.3) is 0 Å². The van der Waals surface area contributed by atoms with Crippen LogP contribution in [0.5, 0.6) is 0 Å². The largest absolute Gasteiger partial charge is 0.458 e. The van der Waals surface area contributed by atoms with Gasteiger partial charge in [0.05, 0.1) is 32.5 Å². The summed E-state index contributed by atoms with van der Waals surface area (Å²) in [6, 6.07) is 4.67. The first-order valence-corrected chi connectivity index (χ1v) is 19.5. The number of nitrogens with one attached hydrogen (secondary N) is 2. The Balaban J connectivity index is 1.04. The SMILES string of the molecule is C[C@H](O)[C@@H](NC(=O)[C@@]12C[C@H]3OC(=O)[C@@H]1N(Cc1cccc(C=CCO[C@H]4O[C@H](CO)[C@H](O)[C@H](O)[C@H]4O)c1)O[C@@H]2[C@H]1OC(C2CC2)(C2CC2)O[C@H]13)C(=O)NCCO. The molecule has 1 aromatic carbocycles. The van der Waals surface area contributed by atoms with Crippen LogP contribution in [0.4, 0.5) is 0 Å². The molecule has 2 bridgehead atoms. The predicted molar refractivity (Wildman–Crippen MR) is 188 cm³/mol. The molecule has 13 atom stereocenters. The Morgan fingerprint density at radius 3 is 2.46 bits per heavy atom. The first-order chi connectivity index (χ1) is 26.9. The van der Waals surface area contributed by atoms with Crippen LogP contribution in [0, 0.1) is 17.3 Å². The molecule has 56 heavy (non-hydrogen) atoms. The van der Waals surface area contributed by atoms with Crippen LogP contribution in [-0.2, 0) is 49.5 Å². The van der Waals surface area contributed by atoms with Crippen LogP contribution in [0.3, 0.4) is 0 Å². The minimum Gasteiger partial charge on any atom is -0.458 e. The Kier molecular flexibility index (Phi) is 11.0. The van der Waals surface area contributed by atoms with Gasteiger partial charge in [-0.15, -0.1) is 0 Å². The Morgan fingerprint density at radius 2 is 1.79 bits per heavy atom. The summed E-state index contributed by atoms with van der Waals surface area (Å²) < 4.78 is 30.7. The highest BCUT2D eigenvalue weighted by atomic mass is 16.8. The number of carbonyl (C=O) groups excluding carboxylic acids is 3. The van der Waals surface area contributed by atoms with E-state index in [0.29, 0.717) is 5.56 Å². The minimum atomic E-state index is -1.59. The van der Waals surface area contributed by atoms with Crippen LogP contribution < -0.4 is 10.6 Å². The molecule has 18 nitrogen and oxygen atoms in total. The molecule has 7 aliphatic rings. The molecule has 0 aromatic heterocycles. The van der Waals surface area contributed by atoms with E-state index in [1.165, 1.54) is 12.0 Å². The van der Waals surface area contributed by atoms with Gasteiger partial charge in [-0.3, -0.25) is 19.2 Å². The van der Waals surface area contributed by atoms with Gasteiger partial charge in [-0.2, -0.15) is 5.06 Å². The van der Waals surface area contributed by atoms with Crippen LogP contribution in [0.25, 0.3) is 6.08 Å². The van der Waals surface area contributed by atoms with Crippen LogP contribution >= 0.6 is 0 Å². The van der Waals surface area contributed by atoms with Crippen molar-refractivity contribution in [2.75, 3.05) is 26.4 Å². The zero-order valence-electron chi connectivity index (χ0n) is 30.9. The molecule has 4 heterocycles. The molecule has 7 fully saturated rings. The standard InChI is InChI=1S/C38H51N3O15/c1-18(44)25(33(48)39-11-12-42)40-36(50)37-15-23-29-30(55-38(54-29,21-7-8-21)22-9-10-22)32(37)56-41(31(37)34(49)52-23)16-20-5-2-4-19(14-20)6-3-13-51-35-28(47)27(46)26(45)24(17-43)53-35/h2-6,14,18,21-32,35,42-47H,7-13,15-17H2,1H3,(H,39,48)(H,40,50)/t18-,23+,24+,25+,26-,27-,28+,29-,30-,31-,32+,35-,37-/m0/s1. The number of aliphatic hydroxyl groups excluding tert-OH is 6. The van der Waals surface area contributed by atoms with Gasteiger partial charge in [0, 0.05) is 24.8 Å². The first-order valence-electron chi connectivity index (χ1n) is 19.5. The van der Waals surface area contributed by atoms with Crippen molar-refractivity contribution in [2.45, 2.75) is 125 Å². The van der Waals surface area contributed by atoms with E-state index in [2.05, 4.69) is 10.6 Å². The maximum absolute atomic E-state index is 14.7. The number of hydrogen-bond donors (Lipinski definition) is 8. The Labute approximate surface area is 322 Å². The normalized spacial score (nSPS) is 38.5. The van der Waals surface area contributed by atoms with Gasteiger partial charge in [0.15, 0.2) is 18.1 Å². The van der Waals surface area contributed by atoms with E-state index >= 15 is 0 Å². The summed E-state index contributed by atoms with van der Waals surface area (Å²) >= 11 is 0. The molecule has 4 saturated heterocycles. The van der Waals surface area contributed by atoms with E-state index in [1.54, 1.807) is 18.2 Å². The van der Waals surface area contributed by atoms with Crippen molar-refractivity contribution >= 4 is 23.9 Å². The lowest BCUT2D eigenvalue weighted by atomic mass is 9.62. The van der Waals surface area contributed by atoms with Gasteiger partial charge < -0.3 is 65.0 Å². The Morgan fingerprint density at radius 1 is 1.05 bits per heavy atom. The van der Waals surface area contributed by atoms with Gasteiger partial charge in [-0.25, -0.2) is 0 Å². The molecule has 308 valence electrons. The van der Waals surface area contributed by atoms with E-state index in [4.69, 9.17) is 28.5 Å². The number of carbonyl (C=O) groups is 3. The number of rotatable bonds is 15. The highest BCUT2D eigenvalue weighted by Crippen LogP contribution is 2.63. The second-order valence-electron chi connectivity index (χ2n) is 16.0. The third-order valence-corrected chi connectivity index (χ3v) is 12.2. The summed E-state index contributed by atoms with van der Waals surface area (Å²) in [7, 11) is 0. The quantitative estimate of drug-likeness (QED) is 0.0862. The van der Waals surface area contributed by atoms with Gasteiger partial charge in [0.2, 0.25) is 11.8 Å². The van der Waals surface area contributed by atoms with Gasteiger partial charge in [0.1, 0.15) is 60.3 Å². The van der Waals surface area contributed by atoms with Gasteiger partial charge in [-0.1, -0.05) is 36.4 Å². The minimum absolute atomic E-state index is 0.0361. The molecule has 3 aliphatic carbocycles. The Bertz CT molecular complexity index is 1660. The maximum Gasteiger partial charge on any atom is 0.327 e. The highest BCUT2D eigenvalue weighted by molar-refractivity contribution is 5.96. The third kappa shape index (κ3) is 6.96. The number of hydroxylamine groups is 2. The lowest BCUT2D eigenvalue weighted by molar-refractivity contribution is -0.298. The van der Waals surface area contributed by atoms with Crippen molar-refractivity contribution in [1.82, 2.24) is 15.7 Å². The topological polar surface area (TPSA) is 255 Å². The monoisotopic (exact) mass is 789 g/mol. The van der Waals surface area contributed by atoms with E-state index < -0.39 is 109 Å². The fraction of sp³-hybridized carbons (Fsp3) is 0.711. The molecular weight excluding hydrogens is 738 g/mol. The van der Waals surface area contributed by atoms with Crippen LogP contribution in [0.15, 0.2) is 30.3 Å². The fourth-order valence-corrected chi connectivity index (χ4v) is 9.15. The number of esters is 1. The first kappa shape index (κ1) is 39.7.